The van der Waals surface area contributed by atoms with Crippen LogP contribution in [0.2, 0.25) is 0 Å². The lowest BCUT2D eigenvalue weighted by molar-refractivity contribution is 0.111. The molecule has 0 bridgehead atoms. The molecule has 0 spiro atoms. The third kappa shape index (κ3) is 12.5. The number of rotatable bonds is 30. The summed E-state index contributed by atoms with van der Waals surface area (Å²) in [5.41, 5.74) is 10.4. The molecule has 3 aromatic rings. The highest BCUT2D eigenvalue weighted by Crippen LogP contribution is 2.60. The Morgan fingerprint density at radius 3 is 1.00 bits per heavy atom. The maximum atomic E-state index is 12.5. The zero-order valence-electron chi connectivity index (χ0n) is 38.2. The van der Waals surface area contributed by atoms with Gasteiger partial charge in [0.1, 0.15) is 0 Å². The predicted molar refractivity (Wildman–Crippen MR) is 279 cm³/mol. The molecule has 5 rings (SSSR count). The molecule has 2 aliphatic carbocycles. The van der Waals surface area contributed by atoms with Gasteiger partial charge in [-0.25, -0.2) is 0 Å². The molecule has 2 nitrogen and oxygen atoms in total. The monoisotopic (exact) mass is 922 g/mol. The van der Waals surface area contributed by atoms with E-state index in [0.29, 0.717) is 23.7 Å². The average molecular weight is 924 g/mol. The minimum atomic E-state index is 0.696. The maximum absolute atomic E-state index is 12.5. The lowest BCUT2D eigenvalue weighted by Crippen LogP contribution is -2.05. The zero-order valence-corrected chi connectivity index (χ0v) is 43.1. The van der Waals surface area contributed by atoms with Crippen molar-refractivity contribution in [3.8, 4) is 20.9 Å². The summed E-state index contributed by atoms with van der Waals surface area (Å²) < 4.78 is 2.87. The van der Waals surface area contributed by atoms with Crippen molar-refractivity contribution in [1.82, 2.24) is 0 Å². The number of benzene rings is 1. The topological polar surface area (TPSA) is 34.1 Å². The van der Waals surface area contributed by atoms with E-state index in [0.717, 1.165) is 45.3 Å². The number of thioether (sulfide) groups is 4. The molecule has 0 fully saturated rings. The third-order valence-electron chi connectivity index (χ3n) is 12.8. The molecule has 4 atom stereocenters. The van der Waals surface area contributed by atoms with Gasteiger partial charge in [-0.15, -0.1) is 69.7 Å². The number of aldehydes is 2. The summed E-state index contributed by atoms with van der Waals surface area (Å²) in [7, 11) is 0. The van der Waals surface area contributed by atoms with Crippen LogP contribution in [0.1, 0.15) is 200 Å². The van der Waals surface area contributed by atoms with E-state index in [1.807, 2.05) is 0 Å². The van der Waals surface area contributed by atoms with Gasteiger partial charge in [-0.2, -0.15) is 0 Å². The van der Waals surface area contributed by atoms with Gasteiger partial charge in [0.05, 0.1) is 9.75 Å². The van der Waals surface area contributed by atoms with Crippen LogP contribution < -0.4 is 0 Å². The summed E-state index contributed by atoms with van der Waals surface area (Å²) >= 11 is 11.7. The fourth-order valence-corrected chi connectivity index (χ4v) is 16.7. The van der Waals surface area contributed by atoms with E-state index >= 15 is 0 Å². The van der Waals surface area contributed by atoms with Gasteiger partial charge in [0.2, 0.25) is 0 Å². The van der Waals surface area contributed by atoms with Crippen LogP contribution in [0.25, 0.3) is 32.0 Å². The van der Waals surface area contributed by atoms with E-state index < -0.39 is 0 Å². The fourth-order valence-electron chi connectivity index (χ4n) is 8.57. The molecule has 1 aromatic carbocycles. The van der Waals surface area contributed by atoms with E-state index in [1.165, 1.54) is 165 Å². The van der Waals surface area contributed by atoms with Crippen molar-refractivity contribution in [2.75, 3.05) is 23.0 Å². The van der Waals surface area contributed by atoms with Crippen molar-refractivity contribution in [1.29, 1.82) is 0 Å². The second-order valence-electron chi connectivity index (χ2n) is 17.2. The first kappa shape index (κ1) is 49.8. The molecular weight excluding hydrogens is 849 g/mol. The van der Waals surface area contributed by atoms with Gasteiger partial charge in [0, 0.05) is 74.6 Å². The minimum Gasteiger partial charge on any atom is -0.297 e. The molecule has 0 N–H and O–H groups in total. The smallest absolute Gasteiger partial charge is 0.160 e. The van der Waals surface area contributed by atoms with Crippen molar-refractivity contribution < 1.29 is 9.59 Å². The Bertz CT molecular complexity index is 1720. The van der Waals surface area contributed by atoms with Crippen LogP contribution in [0.15, 0.2) is 32.7 Å². The molecule has 2 aliphatic rings. The fraction of sp³-hybridized carbons (Fsp3) is 0.615. The molecule has 330 valence electrons. The average Bonchev–Trinajstić information content (AvgIpc) is 4.03. The van der Waals surface area contributed by atoms with Gasteiger partial charge >= 0.3 is 0 Å². The summed E-state index contributed by atoms with van der Waals surface area (Å²) in [6.07, 6.45) is 22.2. The second-order valence-corrected chi connectivity index (χ2v) is 24.0. The summed E-state index contributed by atoms with van der Waals surface area (Å²) in [5.74, 6) is 7.30. The lowest BCUT2D eigenvalue weighted by atomic mass is 9.98. The van der Waals surface area contributed by atoms with Gasteiger partial charge in [0.25, 0.3) is 0 Å². The van der Waals surface area contributed by atoms with Crippen molar-refractivity contribution in [3.63, 3.8) is 0 Å². The van der Waals surface area contributed by atoms with Gasteiger partial charge in [-0.05, 0) is 84.7 Å². The number of hydrogen-bond acceptors (Lipinski definition) is 8. The molecule has 0 amide bonds. The predicted octanol–water partition coefficient (Wildman–Crippen LogP) is 18.6. The van der Waals surface area contributed by atoms with Crippen LogP contribution in [0.4, 0.5) is 0 Å². The summed E-state index contributed by atoms with van der Waals surface area (Å²) in [6.45, 7) is 18.7. The first-order chi connectivity index (χ1) is 29.3. The third-order valence-corrected chi connectivity index (χ3v) is 20.9. The second kappa shape index (κ2) is 26.0. The standard InChI is InChI=1S/C52H74O2S6/c1-9-17-21-35(13-5)31-55-51(56-32-36(14-6)22-18-10-2)47-41-27-44-42(28-43(41)49-45(47)25-39(29-53)59-49)48(46-26-40(30-54)60-50(44)46)52(57-33-37(15-7)23-19-11-3)58-34-38(16-8)24-20-12-4/h25-30,35-38H,9-24,31-34H2,1-8H3. The van der Waals surface area contributed by atoms with Gasteiger partial charge in [-0.3, -0.25) is 9.59 Å². The number of hydrogen-bond donors (Lipinski definition) is 0. The Kier molecular flexibility index (Phi) is 21.6. The highest BCUT2D eigenvalue weighted by molar-refractivity contribution is 8.23. The molecule has 0 saturated heterocycles. The summed E-state index contributed by atoms with van der Waals surface area (Å²) in [6, 6.07) is 9.39. The zero-order chi connectivity index (χ0) is 43.0. The number of carbonyl (C=O) groups excluding carboxylic acids is 2. The largest absolute Gasteiger partial charge is 0.297 e. The van der Waals surface area contributed by atoms with Crippen molar-refractivity contribution in [2.45, 2.75) is 158 Å². The highest BCUT2D eigenvalue weighted by Gasteiger charge is 2.36. The number of unbranched alkanes of at least 4 members (excludes halogenated alkanes) is 4. The quantitative estimate of drug-likeness (QED) is 0.0427. The first-order valence-electron chi connectivity index (χ1n) is 23.7. The molecule has 60 heavy (non-hydrogen) atoms. The Hall–Kier alpha value is -1.16. The van der Waals surface area contributed by atoms with Gasteiger partial charge in [-0.1, -0.05) is 132 Å². The number of carbonyl (C=O) groups is 2. The van der Waals surface area contributed by atoms with Crippen molar-refractivity contribution >= 4 is 93.4 Å². The molecule has 2 heterocycles. The van der Waals surface area contributed by atoms with E-state index in [-0.39, 0.29) is 0 Å². The van der Waals surface area contributed by atoms with Crippen molar-refractivity contribution in [3.05, 3.63) is 64.7 Å². The summed E-state index contributed by atoms with van der Waals surface area (Å²) in [5, 5.41) is 0. The van der Waals surface area contributed by atoms with E-state index in [9.17, 15) is 9.59 Å². The molecule has 0 saturated carbocycles. The Labute approximate surface area is 390 Å². The normalized spacial score (nSPS) is 14.7. The molecule has 8 heteroatoms. The van der Waals surface area contributed by atoms with Crippen LogP contribution in [-0.4, -0.2) is 35.6 Å². The first-order valence-corrected chi connectivity index (χ1v) is 29.3. The molecule has 2 aromatic heterocycles. The Morgan fingerprint density at radius 2 is 0.750 bits per heavy atom. The molecular formula is C52H74O2S6. The van der Waals surface area contributed by atoms with Crippen LogP contribution in [0, 0.1) is 23.7 Å². The molecule has 0 aliphatic heterocycles. The number of thiophene rings is 2. The van der Waals surface area contributed by atoms with Crippen LogP contribution >= 0.6 is 69.7 Å². The molecule has 0 radical (unpaired) electrons. The van der Waals surface area contributed by atoms with Crippen LogP contribution in [-0.2, 0) is 0 Å². The van der Waals surface area contributed by atoms with E-state index in [1.54, 1.807) is 22.7 Å². The minimum absolute atomic E-state index is 0.696. The molecule has 4 unspecified atom stereocenters. The van der Waals surface area contributed by atoms with E-state index in [4.69, 9.17) is 0 Å². The maximum Gasteiger partial charge on any atom is 0.160 e. The highest BCUT2D eigenvalue weighted by atomic mass is 32.2. The summed E-state index contributed by atoms with van der Waals surface area (Å²) in [4.78, 5) is 29.1. The van der Waals surface area contributed by atoms with Gasteiger partial charge < -0.3 is 0 Å². The van der Waals surface area contributed by atoms with Gasteiger partial charge in [0.15, 0.2) is 12.6 Å². The number of fused-ring (bicyclic) bond motifs is 6. The Balaban J connectivity index is 1.71. The van der Waals surface area contributed by atoms with Crippen LogP contribution in [0.3, 0.4) is 0 Å². The Morgan fingerprint density at radius 1 is 0.450 bits per heavy atom. The lowest BCUT2D eigenvalue weighted by Gasteiger charge is -2.21. The van der Waals surface area contributed by atoms with Crippen molar-refractivity contribution in [2.24, 2.45) is 23.7 Å². The SMILES string of the molecule is CCCCC(CC)CSC(SCC(CC)CCCC)=C1c2cc3c(cc2-c2sc(C=O)cc21)C(=C(SCC(CC)CCCC)SCC(CC)CCCC)c1cc(C=O)sc1-3. The van der Waals surface area contributed by atoms with Crippen LogP contribution in [0.5, 0.6) is 0 Å². The van der Waals surface area contributed by atoms with E-state index in [2.05, 4.69) is 127 Å².